The Morgan fingerprint density at radius 3 is 2.50 bits per heavy atom. The van der Waals surface area contributed by atoms with E-state index in [-0.39, 0.29) is 5.41 Å². The van der Waals surface area contributed by atoms with Gasteiger partial charge in [0.2, 0.25) is 0 Å². The maximum Gasteiger partial charge on any atom is 0.102 e. The lowest BCUT2D eigenvalue weighted by Gasteiger charge is -2.47. The molecule has 1 fully saturated rings. The number of nitriles is 1. The summed E-state index contributed by atoms with van der Waals surface area (Å²) in [6, 6.07) is 15.3. The zero-order chi connectivity index (χ0) is 17.9. The van der Waals surface area contributed by atoms with E-state index in [1.165, 1.54) is 17.5 Å². The number of pyridine rings is 1. The summed E-state index contributed by atoms with van der Waals surface area (Å²) in [6.07, 6.45) is 6.43. The molecule has 0 atom stereocenters. The minimum absolute atomic E-state index is 0.113. The van der Waals surface area contributed by atoms with E-state index in [1.807, 2.05) is 12.3 Å². The van der Waals surface area contributed by atoms with Crippen LogP contribution in [0, 0.1) is 25.2 Å². The molecule has 5 rings (SSSR count). The summed E-state index contributed by atoms with van der Waals surface area (Å²) >= 11 is 0. The molecule has 2 heterocycles. The van der Waals surface area contributed by atoms with Crippen LogP contribution in [0.5, 0.6) is 0 Å². The molecule has 3 heteroatoms. The van der Waals surface area contributed by atoms with E-state index in [1.54, 1.807) is 0 Å². The van der Waals surface area contributed by atoms with Gasteiger partial charge in [-0.1, -0.05) is 18.6 Å². The Morgan fingerprint density at radius 1 is 1.08 bits per heavy atom. The number of hydrogen-bond donors (Lipinski definition) is 0. The molecule has 3 nitrogen and oxygen atoms in total. The first-order chi connectivity index (χ1) is 12.6. The quantitative estimate of drug-likeness (QED) is 0.625. The summed E-state index contributed by atoms with van der Waals surface area (Å²) in [5, 5.41) is 10.2. The normalized spacial score (nSPS) is 16.5. The molecule has 0 N–H and O–H groups in total. The van der Waals surface area contributed by atoms with Crippen LogP contribution in [0.3, 0.4) is 0 Å². The molecule has 0 unspecified atom stereocenters. The number of rotatable bonds is 1. The average Bonchev–Trinajstić information content (AvgIpc) is 2.96. The van der Waals surface area contributed by atoms with Crippen LogP contribution in [-0.2, 0) is 11.8 Å². The van der Waals surface area contributed by atoms with Gasteiger partial charge in [-0.05, 0) is 68.5 Å². The Labute approximate surface area is 153 Å². The fraction of sp³-hybridized carbons (Fsp3) is 0.304. The highest BCUT2D eigenvalue weighted by atomic mass is 15.0. The number of aryl methyl sites for hydroxylation is 2. The van der Waals surface area contributed by atoms with E-state index < -0.39 is 0 Å². The molecule has 0 bridgehead atoms. The van der Waals surface area contributed by atoms with Crippen molar-refractivity contribution in [3.63, 3.8) is 0 Å². The maximum absolute atomic E-state index is 10.2. The summed E-state index contributed by atoms with van der Waals surface area (Å²) in [4.78, 5) is 4.67. The van der Waals surface area contributed by atoms with Crippen molar-refractivity contribution in [2.45, 2.75) is 44.9 Å². The zero-order valence-electron chi connectivity index (χ0n) is 15.2. The highest BCUT2D eigenvalue weighted by Crippen LogP contribution is 2.54. The van der Waals surface area contributed by atoms with Gasteiger partial charge in [-0.2, -0.15) is 5.26 Å². The van der Waals surface area contributed by atoms with Crippen molar-refractivity contribution in [3.05, 3.63) is 70.7 Å². The average molecular weight is 339 g/mol. The number of aromatic nitrogens is 2. The Bertz CT molecular complexity index is 1060. The molecule has 2 aromatic heterocycles. The first-order valence-electron chi connectivity index (χ1n) is 9.32. The van der Waals surface area contributed by atoms with E-state index in [0.29, 0.717) is 0 Å². The van der Waals surface area contributed by atoms with Crippen LogP contribution in [0.15, 0.2) is 42.6 Å². The van der Waals surface area contributed by atoms with Crippen LogP contribution in [-0.4, -0.2) is 9.55 Å². The predicted molar refractivity (Wildman–Crippen MR) is 102 cm³/mol. The Morgan fingerprint density at radius 2 is 1.85 bits per heavy atom. The molecule has 1 saturated carbocycles. The monoisotopic (exact) mass is 339 g/mol. The molecule has 0 amide bonds. The lowest BCUT2D eigenvalue weighted by atomic mass is 9.56. The maximum atomic E-state index is 10.2. The van der Waals surface area contributed by atoms with E-state index in [0.717, 1.165) is 53.2 Å². The van der Waals surface area contributed by atoms with Crippen LogP contribution in [0.2, 0.25) is 0 Å². The first kappa shape index (κ1) is 15.4. The van der Waals surface area contributed by atoms with Gasteiger partial charge in [-0.25, -0.2) is 0 Å². The summed E-state index contributed by atoms with van der Waals surface area (Å²) in [5.74, 6) is 0. The van der Waals surface area contributed by atoms with Gasteiger partial charge in [0.05, 0.1) is 16.9 Å². The van der Waals surface area contributed by atoms with Gasteiger partial charge in [0.15, 0.2) is 0 Å². The molecule has 0 radical (unpaired) electrons. The second-order valence-electron chi connectivity index (χ2n) is 7.77. The molecule has 2 aliphatic rings. The van der Waals surface area contributed by atoms with Crippen LogP contribution in [0.25, 0.3) is 16.9 Å². The lowest BCUT2D eigenvalue weighted by Crippen LogP contribution is -2.40. The third-order valence-corrected chi connectivity index (χ3v) is 6.32. The van der Waals surface area contributed by atoms with Crippen molar-refractivity contribution in [1.82, 2.24) is 9.55 Å². The van der Waals surface area contributed by atoms with Crippen LogP contribution >= 0.6 is 0 Å². The molecular weight excluding hydrogens is 318 g/mol. The predicted octanol–water partition coefficient (Wildman–Crippen LogP) is 5.01. The first-order valence-corrected chi connectivity index (χ1v) is 9.32. The third kappa shape index (κ3) is 1.90. The van der Waals surface area contributed by atoms with Gasteiger partial charge in [0, 0.05) is 28.6 Å². The molecule has 2 aliphatic carbocycles. The standard InChI is InChI=1S/C23H21N3/c1-15-6-7-16(2)26(15)20-9-8-18-21(19(20)14-24)23(10-4-11-23)13-17-5-3-12-25-22(17)18/h3,5-9,12H,4,10-11,13H2,1-2H3. The summed E-state index contributed by atoms with van der Waals surface area (Å²) in [5.41, 5.74) is 9.07. The highest BCUT2D eigenvalue weighted by Gasteiger charge is 2.46. The molecule has 1 aromatic carbocycles. The van der Waals surface area contributed by atoms with Crippen molar-refractivity contribution < 1.29 is 0 Å². The van der Waals surface area contributed by atoms with Gasteiger partial charge < -0.3 is 4.57 Å². The van der Waals surface area contributed by atoms with E-state index in [2.05, 4.69) is 59.8 Å². The molecule has 3 aromatic rings. The van der Waals surface area contributed by atoms with Crippen molar-refractivity contribution in [2.24, 2.45) is 0 Å². The SMILES string of the molecule is Cc1ccc(C)n1-c1ccc2c(c1C#N)C1(CCC1)Cc1cccnc1-2. The fourth-order valence-corrected chi connectivity index (χ4v) is 4.99. The van der Waals surface area contributed by atoms with Gasteiger partial charge in [0.25, 0.3) is 0 Å². The highest BCUT2D eigenvalue weighted by molar-refractivity contribution is 5.78. The third-order valence-electron chi connectivity index (χ3n) is 6.32. The number of nitrogens with zero attached hydrogens (tertiary/aromatic N) is 3. The molecule has 128 valence electrons. The summed E-state index contributed by atoms with van der Waals surface area (Å²) in [7, 11) is 0. The van der Waals surface area contributed by atoms with Crippen molar-refractivity contribution in [2.75, 3.05) is 0 Å². The van der Waals surface area contributed by atoms with E-state index in [9.17, 15) is 5.26 Å². The molecule has 0 aliphatic heterocycles. The van der Waals surface area contributed by atoms with Crippen molar-refractivity contribution in [3.8, 4) is 23.0 Å². The largest absolute Gasteiger partial charge is 0.317 e. The minimum atomic E-state index is 0.113. The fourth-order valence-electron chi connectivity index (χ4n) is 4.99. The lowest BCUT2D eigenvalue weighted by molar-refractivity contribution is 0.239. The smallest absolute Gasteiger partial charge is 0.102 e. The van der Waals surface area contributed by atoms with Gasteiger partial charge >= 0.3 is 0 Å². The van der Waals surface area contributed by atoms with Crippen LogP contribution < -0.4 is 0 Å². The number of hydrogen-bond acceptors (Lipinski definition) is 2. The Hall–Kier alpha value is -2.86. The number of benzene rings is 1. The second kappa shape index (κ2) is 5.32. The van der Waals surface area contributed by atoms with Crippen LogP contribution in [0.1, 0.15) is 47.3 Å². The molecular formula is C23H21N3. The van der Waals surface area contributed by atoms with Crippen molar-refractivity contribution >= 4 is 0 Å². The van der Waals surface area contributed by atoms with Gasteiger partial charge in [-0.15, -0.1) is 0 Å². The molecule has 1 spiro atoms. The van der Waals surface area contributed by atoms with Gasteiger partial charge in [0.1, 0.15) is 6.07 Å². The summed E-state index contributed by atoms with van der Waals surface area (Å²) < 4.78 is 2.21. The van der Waals surface area contributed by atoms with E-state index >= 15 is 0 Å². The second-order valence-corrected chi connectivity index (χ2v) is 7.77. The number of fused-ring (bicyclic) bond motifs is 4. The Kier molecular flexibility index (Phi) is 3.15. The van der Waals surface area contributed by atoms with Gasteiger partial charge in [-0.3, -0.25) is 4.98 Å². The minimum Gasteiger partial charge on any atom is -0.317 e. The molecule has 0 saturated heterocycles. The Balaban J connectivity index is 1.86. The summed E-state index contributed by atoms with van der Waals surface area (Å²) in [6.45, 7) is 4.20. The van der Waals surface area contributed by atoms with E-state index in [4.69, 9.17) is 0 Å². The zero-order valence-corrected chi connectivity index (χ0v) is 15.2. The van der Waals surface area contributed by atoms with Crippen LogP contribution in [0.4, 0.5) is 0 Å². The molecule has 26 heavy (non-hydrogen) atoms. The van der Waals surface area contributed by atoms with Crippen molar-refractivity contribution in [1.29, 1.82) is 5.26 Å². The topological polar surface area (TPSA) is 41.6 Å².